The predicted octanol–water partition coefficient (Wildman–Crippen LogP) is 1.40. The Morgan fingerprint density at radius 3 is 2.88 bits per heavy atom. The van der Waals surface area contributed by atoms with Gasteiger partial charge in [-0.2, -0.15) is 0 Å². The van der Waals surface area contributed by atoms with Crippen LogP contribution < -0.4 is 10.9 Å². The third-order valence-corrected chi connectivity index (χ3v) is 2.60. The molecule has 0 aliphatic heterocycles. The van der Waals surface area contributed by atoms with E-state index >= 15 is 0 Å². The number of aromatic nitrogens is 2. The van der Waals surface area contributed by atoms with Crippen molar-refractivity contribution in [2.75, 3.05) is 5.32 Å². The van der Waals surface area contributed by atoms with E-state index in [1.165, 1.54) is 0 Å². The van der Waals surface area contributed by atoms with E-state index in [1.807, 2.05) is 13.8 Å². The van der Waals surface area contributed by atoms with Gasteiger partial charge in [-0.3, -0.25) is 4.79 Å². The van der Waals surface area contributed by atoms with Crippen LogP contribution in [0.5, 0.6) is 0 Å². The Balaban J connectivity index is 2.32. The van der Waals surface area contributed by atoms with Gasteiger partial charge in [-0.1, -0.05) is 5.92 Å². The summed E-state index contributed by atoms with van der Waals surface area (Å²) in [5.74, 6) is 2.91. The van der Waals surface area contributed by atoms with Gasteiger partial charge in [0.25, 0.3) is 5.56 Å². The highest BCUT2D eigenvalue weighted by molar-refractivity contribution is 5.38. The molecule has 0 amide bonds. The molecule has 1 aliphatic carbocycles. The molecule has 1 N–H and O–H groups in total. The Hall–Kier alpha value is -1.76. The topological polar surface area (TPSA) is 46.9 Å². The van der Waals surface area contributed by atoms with E-state index in [-0.39, 0.29) is 5.56 Å². The Bertz CT molecular complexity index is 492. The Labute approximate surface area is 94.7 Å². The zero-order valence-electron chi connectivity index (χ0n) is 9.53. The quantitative estimate of drug-likeness (QED) is 0.778. The van der Waals surface area contributed by atoms with Gasteiger partial charge in [0.2, 0.25) is 0 Å². The summed E-state index contributed by atoms with van der Waals surface area (Å²) in [5.41, 5.74) is -0.650. The average Bonchev–Trinajstić information content (AvgIpc) is 3.05. The van der Waals surface area contributed by atoms with E-state index < -0.39 is 5.54 Å². The second kappa shape index (κ2) is 3.67. The fourth-order valence-electron chi connectivity index (χ4n) is 1.48. The zero-order valence-corrected chi connectivity index (χ0v) is 9.53. The maximum absolute atomic E-state index is 12.0. The normalized spacial score (nSPS) is 15.6. The summed E-state index contributed by atoms with van der Waals surface area (Å²) >= 11 is 0. The third-order valence-electron chi connectivity index (χ3n) is 2.60. The Morgan fingerprint density at radius 2 is 2.31 bits per heavy atom. The van der Waals surface area contributed by atoms with Crippen molar-refractivity contribution in [3.05, 3.63) is 22.7 Å². The first-order valence-corrected chi connectivity index (χ1v) is 5.36. The van der Waals surface area contributed by atoms with Crippen molar-refractivity contribution in [1.82, 2.24) is 9.55 Å². The lowest BCUT2D eigenvalue weighted by molar-refractivity contribution is 0.682. The van der Waals surface area contributed by atoms with Crippen LogP contribution in [0.3, 0.4) is 0 Å². The monoisotopic (exact) mass is 217 g/mol. The van der Waals surface area contributed by atoms with Crippen LogP contribution in [0.4, 0.5) is 5.82 Å². The molecule has 0 atom stereocenters. The molecule has 1 fully saturated rings. The molecular formula is C12H15N3O. The molecule has 0 spiro atoms. The molecule has 2 rings (SSSR count). The molecule has 0 unspecified atom stereocenters. The summed E-state index contributed by atoms with van der Waals surface area (Å²) in [7, 11) is 0. The van der Waals surface area contributed by atoms with Crippen LogP contribution in [0.15, 0.2) is 17.2 Å². The van der Waals surface area contributed by atoms with Crippen LogP contribution in [0.1, 0.15) is 32.7 Å². The largest absolute Gasteiger partial charge is 0.350 e. The van der Waals surface area contributed by atoms with E-state index in [4.69, 9.17) is 6.42 Å². The Kier molecular flexibility index (Phi) is 2.47. The summed E-state index contributed by atoms with van der Waals surface area (Å²) in [6, 6.07) is 0.352. The van der Waals surface area contributed by atoms with Crippen LogP contribution in [-0.4, -0.2) is 15.1 Å². The lowest BCUT2D eigenvalue weighted by Gasteiger charge is -2.20. The third kappa shape index (κ3) is 2.08. The number of nitrogens with zero attached hydrogens (tertiary/aromatic N) is 2. The maximum Gasteiger partial charge on any atom is 0.293 e. The van der Waals surface area contributed by atoms with Crippen molar-refractivity contribution in [2.45, 2.75) is 38.3 Å². The van der Waals surface area contributed by atoms with E-state index in [9.17, 15) is 4.79 Å². The SMILES string of the molecule is C#CC(C)(C)Nc1nccn(C2CC2)c1=O. The summed E-state index contributed by atoms with van der Waals surface area (Å²) < 4.78 is 1.72. The molecule has 4 nitrogen and oxygen atoms in total. The molecule has 1 saturated carbocycles. The molecule has 1 aromatic heterocycles. The molecule has 1 heterocycles. The minimum Gasteiger partial charge on any atom is -0.350 e. The van der Waals surface area contributed by atoms with Gasteiger partial charge in [0.1, 0.15) is 0 Å². The lowest BCUT2D eigenvalue weighted by Crippen LogP contribution is -2.34. The van der Waals surface area contributed by atoms with E-state index in [2.05, 4.69) is 16.2 Å². The van der Waals surface area contributed by atoms with Gasteiger partial charge in [-0.05, 0) is 26.7 Å². The second-order valence-electron chi connectivity index (χ2n) is 4.61. The minimum absolute atomic E-state index is 0.0895. The molecule has 0 bridgehead atoms. The first kappa shape index (κ1) is 10.7. The molecule has 16 heavy (non-hydrogen) atoms. The molecular weight excluding hydrogens is 202 g/mol. The molecule has 0 radical (unpaired) electrons. The summed E-state index contributed by atoms with van der Waals surface area (Å²) in [6.07, 6.45) is 10.9. The van der Waals surface area contributed by atoms with Gasteiger partial charge in [0.05, 0.1) is 5.54 Å². The van der Waals surface area contributed by atoms with Crippen molar-refractivity contribution in [2.24, 2.45) is 0 Å². The number of nitrogens with one attached hydrogen (secondary N) is 1. The van der Waals surface area contributed by atoms with Gasteiger partial charge in [-0.25, -0.2) is 4.98 Å². The van der Waals surface area contributed by atoms with Crippen LogP contribution in [0.25, 0.3) is 0 Å². The lowest BCUT2D eigenvalue weighted by atomic mass is 10.1. The Morgan fingerprint density at radius 1 is 1.62 bits per heavy atom. The van der Waals surface area contributed by atoms with E-state index in [1.54, 1.807) is 17.0 Å². The van der Waals surface area contributed by atoms with Crippen molar-refractivity contribution in [3.63, 3.8) is 0 Å². The molecule has 4 heteroatoms. The van der Waals surface area contributed by atoms with Gasteiger partial charge >= 0.3 is 0 Å². The first-order chi connectivity index (χ1) is 7.53. The highest BCUT2D eigenvalue weighted by atomic mass is 16.1. The number of hydrogen-bond acceptors (Lipinski definition) is 3. The molecule has 1 aromatic rings. The van der Waals surface area contributed by atoms with Crippen LogP contribution in [0.2, 0.25) is 0 Å². The zero-order chi connectivity index (χ0) is 11.8. The van der Waals surface area contributed by atoms with Gasteiger partial charge in [0, 0.05) is 18.4 Å². The number of hydrogen-bond donors (Lipinski definition) is 1. The van der Waals surface area contributed by atoms with Crippen molar-refractivity contribution >= 4 is 5.82 Å². The van der Waals surface area contributed by atoms with Crippen molar-refractivity contribution < 1.29 is 0 Å². The second-order valence-corrected chi connectivity index (χ2v) is 4.61. The summed E-state index contributed by atoms with van der Waals surface area (Å²) in [5, 5.41) is 2.98. The number of anilines is 1. The van der Waals surface area contributed by atoms with E-state index in [0.717, 1.165) is 12.8 Å². The van der Waals surface area contributed by atoms with Gasteiger partial charge in [-0.15, -0.1) is 6.42 Å². The van der Waals surface area contributed by atoms with Crippen LogP contribution in [-0.2, 0) is 0 Å². The number of rotatable bonds is 3. The fourth-order valence-corrected chi connectivity index (χ4v) is 1.48. The molecule has 0 saturated heterocycles. The van der Waals surface area contributed by atoms with Gasteiger partial charge < -0.3 is 9.88 Å². The van der Waals surface area contributed by atoms with E-state index in [0.29, 0.717) is 11.9 Å². The molecule has 0 aromatic carbocycles. The highest BCUT2D eigenvalue weighted by Crippen LogP contribution is 2.33. The first-order valence-electron chi connectivity index (χ1n) is 5.36. The van der Waals surface area contributed by atoms with Gasteiger partial charge in [0.15, 0.2) is 5.82 Å². The smallest absolute Gasteiger partial charge is 0.293 e. The highest BCUT2D eigenvalue weighted by Gasteiger charge is 2.26. The molecule has 1 aliphatic rings. The standard InChI is InChI=1S/C12H15N3O/c1-4-12(2,3)14-10-11(16)15(8-7-13-10)9-5-6-9/h1,7-9H,5-6H2,2-3H3,(H,13,14). The van der Waals surface area contributed by atoms with Crippen LogP contribution >= 0.6 is 0 Å². The summed E-state index contributed by atoms with van der Waals surface area (Å²) in [4.78, 5) is 16.1. The molecule has 84 valence electrons. The van der Waals surface area contributed by atoms with Crippen molar-refractivity contribution in [3.8, 4) is 12.3 Å². The minimum atomic E-state index is -0.561. The predicted molar refractivity (Wildman–Crippen MR) is 63.3 cm³/mol. The van der Waals surface area contributed by atoms with Crippen molar-refractivity contribution in [1.29, 1.82) is 0 Å². The number of terminal acetylenes is 1. The summed E-state index contributed by atoms with van der Waals surface area (Å²) in [6.45, 7) is 3.67. The average molecular weight is 217 g/mol. The maximum atomic E-state index is 12.0. The fraction of sp³-hybridized carbons (Fsp3) is 0.500. The van der Waals surface area contributed by atoms with Crippen LogP contribution in [0, 0.1) is 12.3 Å².